The van der Waals surface area contributed by atoms with Gasteiger partial charge in [-0.2, -0.15) is 4.98 Å². The molecule has 1 fully saturated rings. The normalized spacial score (nSPS) is 15.4. The first-order valence-corrected chi connectivity index (χ1v) is 9.27. The van der Waals surface area contributed by atoms with Gasteiger partial charge in [0.1, 0.15) is 5.82 Å². The molecule has 1 N–H and O–H groups in total. The highest BCUT2D eigenvalue weighted by atomic mass is 35.5. The van der Waals surface area contributed by atoms with Crippen molar-refractivity contribution in [2.45, 2.75) is 0 Å². The fraction of sp³-hybridized carbons (Fsp3) is 0.263. The average molecular weight is 388 g/mol. The molecule has 1 aliphatic rings. The van der Waals surface area contributed by atoms with Gasteiger partial charge in [0.05, 0.1) is 5.52 Å². The third-order valence-corrected chi connectivity index (χ3v) is 4.94. The number of likely N-dealkylation sites (N-methyl/N-ethyl adjacent to an activating group) is 1. The summed E-state index contributed by atoms with van der Waals surface area (Å²) in [6.45, 7) is 3.93. The number of hydrogen-bond donors (Lipinski definition) is 1. The molecule has 7 heteroatoms. The Morgan fingerprint density at radius 2 is 1.62 bits per heavy atom. The van der Waals surface area contributed by atoms with Crippen molar-refractivity contribution in [3.8, 4) is 0 Å². The molecule has 0 bridgehead atoms. The van der Waals surface area contributed by atoms with Crippen LogP contribution in [0.5, 0.6) is 0 Å². The molecule has 0 saturated carbocycles. The Morgan fingerprint density at radius 3 is 2.35 bits per heavy atom. The molecule has 3 aromatic rings. The number of benzene rings is 2. The van der Waals surface area contributed by atoms with Crippen molar-refractivity contribution in [1.29, 1.82) is 0 Å². The van der Waals surface area contributed by atoms with Crippen molar-refractivity contribution in [1.82, 2.24) is 14.9 Å². The molecule has 0 amide bonds. The molecule has 26 heavy (non-hydrogen) atoms. The second-order valence-electron chi connectivity index (χ2n) is 6.46. The Labute approximate surface area is 162 Å². The van der Waals surface area contributed by atoms with Gasteiger partial charge in [0.2, 0.25) is 5.95 Å². The van der Waals surface area contributed by atoms with E-state index in [-0.39, 0.29) is 0 Å². The van der Waals surface area contributed by atoms with Gasteiger partial charge in [-0.15, -0.1) is 0 Å². The molecular weight excluding hydrogens is 369 g/mol. The molecular formula is C19H19Cl2N5. The number of para-hydroxylation sites is 1. The Morgan fingerprint density at radius 1 is 0.923 bits per heavy atom. The highest BCUT2D eigenvalue weighted by molar-refractivity contribution is 6.35. The molecule has 5 nitrogen and oxygen atoms in total. The van der Waals surface area contributed by atoms with E-state index >= 15 is 0 Å². The Kier molecular flexibility index (Phi) is 4.85. The van der Waals surface area contributed by atoms with Crippen molar-refractivity contribution < 1.29 is 0 Å². The van der Waals surface area contributed by atoms with Crippen LogP contribution in [-0.2, 0) is 0 Å². The quantitative estimate of drug-likeness (QED) is 0.719. The van der Waals surface area contributed by atoms with Gasteiger partial charge < -0.3 is 15.1 Å². The summed E-state index contributed by atoms with van der Waals surface area (Å²) in [6, 6.07) is 13.4. The molecule has 1 aliphatic heterocycles. The third-order valence-electron chi connectivity index (χ3n) is 4.50. The van der Waals surface area contributed by atoms with Gasteiger partial charge in [-0.25, -0.2) is 4.98 Å². The van der Waals surface area contributed by atoms with Crippen molar-refractivity contribution in [2.24, 2.45) is 0 Å². The van der Waals surface area contributed by atoms with Crippen LogP contribution >= 0.6 is 23.2 Å². The summed E-state index contributed by atoms with van der Waals surface area (Å²) in [5.74, 6) is 1.50. The minimum atomic E-state index is 0.538. The van der Waals surface area contributed by atoms with Gasteiger partial charge in [0.15, 0.2) is 0 Å². The zero-order chi connectivity index (χ0) is 18.1. The van der Waals surface area contributed by atoms with Gasteiger partial charge in [-0.3, -0.25) is 0 Å². The van der Waals surface area contributed by atoms with E-state index < -0.39 is 0 Å². The predicted molar refractivity (Wildman–Crippen MR) is 109 cm³/mol. The first-order valence-electron chi connectivity index (χ1n) is 8.52. The Hall–Kier alpha value is -2.08. The number of nitrogens with one attached hydrogen (secondary N) is 1. The number of piperazine rings is 1. The highest BCUT2D eigenvalue weighted by Crippen LogP contribution is 2.29. The van der Waals surface area contributed by atoms with Crippen LogP contribution in [0.1, 0.15) is 0 Å². The van der Waals surface area contributed by atoms with E-state index in [4.69, 9.17) is 28.2 Å². The topological polar surface area (TPSA) is 44.3 Å². The van der Waals surface area contributed by atoms with E-state index in [1.54, 1.807) is 6.07 Å². The smallest absolute Gasteiger partial charge is 0.229 e. The van der Waals surface area contributed by atoms with E-state index in [9.17, 15) is 0 Å². The molecule has 134 valence electrons. The Bertz CT molecular complexity index is 918. The summed E-state index contributed by atoms with van der Waals surface area (Å²) in [5.41, 5.74) is 1.68. The summed E-state index contributed by atoms with van der Waals surface area (Å²) in [6.07, 6.45) is 0. The van der Waals surface area contributed by atoms with Crippen LogP contribution in [-0.4, -0.2) is 48.1 Å². The van der Waals surface area contributed by atoms with Crippen molar-refractivity contribution in [3.05, 3.63) is 52.5 Å². The van der Waals surface area contributed by atoms with Crippen LogP contribution in [0.25, 0.3) is 10.9 Å². The van der Waals surface area contributed by atoms with Gasteiger partial charge in [0.25, 0.3) is 0 Å². The summed E-state index contributed by atoms with van der Waals surface area (Å²) in [7, 11) is 2.14. The number of halogens is 2. The van der Waals surface area contributed by atoms with Crippen molar-refractivity contribution >= 4 is 51.6 Å². The summed E-state index contributed by atoms with van der Waals surface area (Å²) >= 11 is 12.2. The first-order chi connectivity index (χ1) is 12.6. The lowest BCUT2D eigenvalue weighted by atomic mass is 10.2. The van der Waals surface area contributed by atoms with Crippen LogP contribution in [0.15, 0.2) is 42.5 Å². The van der Waals surface area contributed by atoms with Crippen LogP contribution in [0, 0.1) is 0 Å². The second-order valence-corrected chi connectivity index (χ2v) is 7.33. The van der Waals surface area contributed by atoms with Crippen LogP contribution in [0.4, 0.5) is 17.5 Å². The van der Waals surface area contributed by atoms with Gasteiger partial charge in [0, 0.05) is 47.3 Å². The molecule has 2 heterocycles. The van der Waals surface area contributed by atoms with E-state index in [0.717, 1.165) is 48.6 Å². The molecule has 0 spiro atoms. The third kappa shape index (κ3) is 3.70. The van der Waals surface area contributed by atoms with Crippen LogP contribution < -0.4 is 10.2 Å². The van der Waals surface area contributed by atoms with E-state index in [2.05, 4.69) is 33.2 Å². The van der Waals surface area contributed by atoms with Gasteiger partial charge in [-0.05, 0) is 37.4 Å². The van der Waals surface area contributed by atoms with Crippen LogP contribution in [0.3, 0.4) is 0 Å². The maximum atomic E-state index is 6.10. The molecule has 1 saturated heterocycles. The van der Waals surface area contributed by atoms with Crippen molar-refractivity contribution in [2.75, 3.05) is 43.4 Å². The van der Waals surface area contributed by atoms with E-state index in [0.29, 0.717) is 16.0 Å². The highest BCUT2D eigenvalue weighted by Gasteiger charge is 2.19. The molecule has 4 rings (SSSR count). The minimum Gasteiger partial charge on any atom is -0.353 e. The van der Waals surface area contributed by atoms with Crippen LogP contribution in [0.2, 0.25) is 10.0 Å². The lowest BCUT2D eigenvalue weighted by Gasteiger charge is -2.33. The lowest BCUT2D eigenvalue weighted by Crippen LogP contribution is -2.45. The SMILES string of the molecule is CN1CCN(c2nc(Nc3cc(Cl)cc(Cl)c3)nc3ccccc23)CC1. The van der Waals surface area contributed by atoms with E-state index in [1.165, 1.54) is 0 Å². The summed E-state index contributed by atoms with van der Waals surface area (Å²) in [4.78, 5) is 14.1. The first kappa shape index (κ1) is 17.3. The van der Waals surface area contributed by atoms with Crippen molar-refractivity contribution in [3.63, 3.8) is 0 Å². The molecule has 1 aromatic heterocycles. The fourth-order valence-corrected chi connectivity index (χ4v) is 3.66. The molecule has 0 aliphatic carbocycles. The second kappa shape index (κ2) is 7.27. The van der Waals surface area contributed by atoms with E-state index in [1.807, 2.05) is 30.3 Å². The molecule has 2 aromatic carbocycles. The summed E-state index contributed by atoms with van der Waals surface area (Å²) in [5, 5.41) is 5.44. The number of hydrogen-bond acceptors (Lipinski definition) is 5. The lowest BCUT2D eigenvalue weighted by molar-refractivity contribution is 0.312. The molecule has 0 unspecified atom stereocenters. The average Bonchev–Trinajstić information content (AvgIpc) is 2.61. The predicted octanol–water partition coefficient (Wildman–Crippen LogP) is 4.43. The molecule has 0 atom stereocenters. The zero-order valence-electron chi connectivity index (χ0n) is 14.4. The number of fused-ring (bicyclic) bond motifs is 1. The Balaban J connectivity index is 1.73. The van der Waals surface area contributed by atoms with Gasteiger partial charge >= 0.3 is 0 Å². The van der Waals surface area contributed by atoms with Gasteiger partial charge in [-0.1, -0.05) is 35.3 Å². The standard InChI is InChI=1S/C19H19Cl2N5/c1-25-6-8-26(9-7-25)18-16-4-2-3-5-17(16)23-19(24-18)22-15-11-13(20)10-14(21)12-15/h2-5,10-12H,6-9H2,1H3,(H,22,23,24). The maximum Gasteiger partial charge on any atom is 0.229 e. The number of aromatic nitrogens is 2. The zero-order valence-corrected chi connectivity index (χ0v) is 15.9. The monoisotopic (exact) mass is 387 g/mol. The number of rotatable bonds is 3. The summed E-state index contributed by atoms with van der Waals surface area (Å²) < 4.78 is 0. The minimum absolute atomic E-state index is 0.538. The number of anilines is 3. The largest absolute Gasteiger partial charge is 0.353 e. The molecule has 0 radical (unpaired) electrons. The maximum absolute atomic E-state index is 6.10. The fourth-order valence-electron chi connectivity index (χ4n) is 3.13. The number of nitrogens with zero attached hydrogens (tertiary/aromatic N) is 4.